The molecule has 2 aromatic carbocycles. The number of rotatable bonds is 6. The van der Waals surface area contributed by atoms with Gasteiger partial charge in [-0.25, -0.2) is 13.4 Å². The second-order valence-electron chi connectivity index (χ2n) is 6.59. The molecule has 0 bridgehead atoms. The molecule has 0 aliphatic heterocycles. The van der Waals surface area contributed by atoms with Crippen LogP contribution in [0.5, 0.6) is 0 Å². The van der Waals surface area contributed by atoms with Gasteiger partial charge in [-0.3, -0.25) is 0 Å². The van der Waals surface area contributed by atoms with E-state index in [2.05, 4.69) is 11.9 Å². The molecular weight excluding hydrogens is 332 g/mol. The van der Waals surface area contributed by atoms with Gasteiger partial charge in [0.05, 0.1) is 21.8 Å². The second-order valence-corrected chi connectivity index (χ2v) is 8.50. The predicted molar refractivity (Wildman–Crippen MR) is 102 cm³/mol. The number of hydrogen-bond acceptors (Lipinski definition) is 3. The Morgan fingerprint density at radius 3 is 2.48 bits per heavy atom. The summed E-state index contributed by atoms with van der Waals surface area (Å²) < 4.78 is 26.1. The van der Waals surface area contributed by atoms with Crippen molar-refractivity contribution in [1.82, 2.24) is 4.90 Å². The van der Waals surface area contributed by atoms with Gasteiger partial charge in [-0.05, 0) is 68.0 Å². The highest BCUT2D eigenvalue weighted by atomic mass is 32.2. The van der Waals surface area contributed by atoms with Gasteiger partial charge >= 0.3 is 0 Å². The molecule has 1 fully saturated rings. The predicted octanol–water partition coefficient (Wildman–Crippen LogP) is 4.32. The van der Waals surface area contributed by atoms with Crippen LogP contribution >= 0.6 is 0 Å². The van der Waals surface area contributed by atoms with E-state index in [-0.39, 0.29) is 0 Å². The minimum absolute atomic E-state index is 0.335. The van der Waals surface area contributed by atoms with E-state index in [0.717, 1.165) is 36.2 Å². The van der Waals surface area contributed by atoms with Crippen LogP contribution in [0, 0.1) is 6.92 Å². The van der Waals surface area contributed by atoms with E-state index in [1.54, 1.807) is 24.3 Å². The summed E-state index contributed by atoms with van der Waals surface area (Å²) in [6, 6.07) is 12.4. The Kier molecular flexibility index (Phi) is 4.95. The van der Waals surface area contributed by atoms with E-state index in [1.165, 1.54) is 0 Å². The number of aliphatic imine (C=N–C) groups is 1. The van der Waals surface area contributed by atoms with Crippen LogP contribution in [0.25, 0.3) is 0 Å². The average molecular weight is 356 g/mol. The third-order valence-corrected chi connectivity index (χ3v) is 6.49. The van der Waals surface area contributed by atoms with Gasteiger partial charge in [-0.15, -0.1) is 0 Å². The first-order chi connectivity index (χ1) is 11.9. The molecule has 0 amide bonds. The maximum atomic E-state index is 13.0. The summed E-state index contributed by atoms with van der Waals surface area (Å²) in [5.74, 6) is 0.421. The number of sulfone groups is 1. The Morgan fingerprint density at radius 1 is 1.20 bits per heavy atom. The van der Waals surface area contributed by atoms with Crippen molar-refractivity contribution >= 4 is 21.9 Å². The fourth-order valence-corrected chi connectivity index (χ4v) is 4.31. The third kappa shape index (κ3) is 3.76. The first-order valence-electron chi connectivity index (χ1n) is 8.62. The zero-order valence-corrected chi connectivity index (χ0v) is 15.8. The topological polar surface area (TPSA) is 49.7 Å². The van der Waals surface area contributed by atoms with Gasteiger partial charge in [0.25, 0.3) is 0 Å². The SMILES string of the molecule is CCN(C)C=Nc1cc(C)c(S(=O)(=O)c2ccccc2)cc1C1CC1. The van der Waals surface area contributed by atoms with Crippen LogP contribution in [0.4, 0.5) is 5.69 Å². The summed E-state index contributed by atoms with van der Waals surface area (Å²) in [6.45, 7) is 4.78. The largest absolute Gasteiger partial charge is 0.366 e. The minimum Gasteiger partial charge on any atom is -0.366 e. The lowest BCUT2D eigenvalue weighted by Crippen LogP contribution is -2.14. The third-order valence-electron chi connectivity index (χ3n) is 4.58. The molecule has 0 atom stereocenters. The van der Waals surface area contributed by atoms with Crippen LogP contribution < -0.4 is 0 Å². The maximum Gasteiger partial charge on any atom is 0.206 e. The lowest BCUT2D eigenvalue weighted by Gasteiger charge is -2.14. The lowest BCUT2D eigenvalue weighted by molar-refractivity contribution is 0.552. The number of benzene rings is 2. The average Bonchev–Trinajstić information content (AvgIpc) is 3.45. The van der Waals surface area contributed by atoms with Crippen molar-refractivity contribution in [3.05, 3.63) is 53.6 Å². The highest BCUT2D eigenvalue weighted by Gasteiger charge is 2.29. The van der Waals surface area contributed by atoms with Crippen molar-refractivity contribution in [2.24, 2.45) is 4.99 Å². The first-order valence-corrected chi connectivity index (χ1v) is 10.1. The Morgan fingerprint density at radius 2 is 1.88 bits per heavy atom. The van der Waals surface area contributed by atoms with Crippen molar-refractivity contribution in [1.29, 1.82) is 0 Å². The van der Waals surface area contributed by atoms with Crippen LogP contribution in [-0.2, 0) is 9.84 Å². The van der Waals surface area contributed by atoms with Gasteiger partial charge in [0, 0.05) is 13.6 Å². The summed E-state index contributed by atoms with van der Waals surface area (Å²) in [5.41, 5.74) is 2.66. The van der Waals surface area contributed by atoms with E-state index in [9.17, 15) is 8.42 Å². The van der Waals surface area contributed by atoms with E-state index in [0.29, 0.717) is 15.7 Å². The monoisotopic (exact) mass is 356 g/mol. The summed E-state index contributed by atoms with van der Waals surface area (Å²) in [4.78, 5) is 7.33. The Labute approximate surface area is 150 Å². The molecule has 1 aliphatic rings. The van der Waals surface area contributed by atoms with Crippen molar-refractivity contribution < 1.29 is 8.42 Å². The van der Waals surface area contributed by atoms with E-state index < -0.39 is 9.84 Å². The maximum absolute atomic E-state index is 13.0. The summed E-state index contributed by atoms with van der Waals surface area (Å²) in [6.07, 6.45) is 4.01. The summed E-state index contributed by atoms with van der Waals surface area (Å²) >= 11 is 0. The normalized spacial score (nSPS) is 14.8. The molecule has 4 nitrogen and oxygen atoms in total. The minimum atomic E-state index is -3.51. The molecule has 5 heteroatoms. The standard InChI is InChI=1S/C20H24N2O2S/c1-4-22(3)14-21-19-12-15(2)20(13-18(19)16-10-11-16)25(23,24)17-8-6-5-7-9-17/h5-9,12-14,16H,4,10-11H2,1-3H3. The molecule has 1 saturated carbocycles. The highest BCUT2D eigenvalue weighted by Crippen LogP contribution is 2.46. The molecule has 0 radical (unpaired) electrons. The van der Waals surface area contributed by atoms with Crippen LogP contribution in [0.15, 0.2) is 57.2 Å². The second kappa shape index (κ2) is 7.00. The molecule has 1 aliphatic carbocycles. The van der Waals surface area contributed by atoms with Crippen molar-refractivity contribution in [3.63, 3.8) is 0 Å². The molecule has 0 aromatic heterocycles. The van der Waals surface area contributed by atoms with E-state index >= 15 is 0 Å². The fourth-order valence-electron chi connectivity index (χ4n) is 2.78. The lowest BCUT2D eigenvalue weighted by atomic mass is 10.1. The molecular formula is C20H24N2O2S. The molecule has 0 heterocycles. The molecule has 3 rings (SSSR count). The van der Waals surface area contributed by atoms with Gasteiger partial charge in [0.1, 0.15) is 0 Å². The van der Waals surface area contributed by atoms with Gasteiger partial charge in [-0.1, -0.05) is 18.2 Å². The van der Waals surface area contributed by atoms with Gasteiger partial charge < -0.3 is 4.90 Å². The fraction of sp³-hybridized carbons (Fsp3) is 0.350. The Bertz CT molecular complexity index is 885. The zero-order valence-electron chi connectivity index (χ0n) is 14.9. The van der Waals surface area contributed by atoms with Crippen molar-refractivity contribution in [2.75, 3.05) is 13.6 Å². The van der Waals surface area contributed by atoms with Gasteiger partial charge in [0.2, 0.25) is 9.84 Å². The van der Waals surface area contributed by atoms with Gasteiger partial charge in [0.15, 0.2) is 0 Å². The number of hydrogen-bond donors (Lipinski definition) is 0. The number of aryl methyl sites for hydroxylation is 1. The van der Waals surface area contributed by atoms with Gasteiger partial charge in [-0.2, -0.15) is 0 Å². The first kappa shape index (κ1) is 17.7. The molecule has 0 N–H and O–H groups in total. The van der Waals surface area contributed by atoms with Crippen LogP contribution in [-0.4, -0.2) is 33.2 Å². The summed E-state index contributed by atoms with van der Waals surface area (Å²) in [7, 11) is -1.54. The van der Waals surface area contributed by atoms with Crippen LogP contribution in [0.2, 0.25) is 0 Å². The number of nitrogens with zero attached hydrogens (tertiary/aromatic N) is 2. The molecule has 0 spiro atoms. The van der Waals surface area contributed by atoms with Crippen LogP contribution in [0.3, 0.4) is 0 Å². The van der Waals surface area contributed by atoms with Crippen LogP contribution in [0.1, 0.15) is 36.8 Å². The summed E-state index contributed by atoms with van der Waals surface area (Å²) in [5, 5.41) is 0. The molecule has 0 unspecified atom stereocenters. The molecule has 132 valence electrons. The Hall–Kier alpha value is -2.14. The zero-order chi connectivity index (χ0) is 18.0. The highest BCUT2D eigenvalue weighted by molar-refractivity contribution is 7.91. The quantitative estimate of drug-likeness (QED) is 0.572. The smallest absolute Gasteiger partial charge is 0.206 e. The molecule has 0 saturated heterocycles. The molecule has 25 heavy (non-hydrogen) atoms. The van der Waals surface area contributed by atoms with E-state index in [1.807, 2.05) is 43.4 Å². The molecule has 2 aromatic rings. The Balaban J connectivity index is 2.08. The van der Waals surface area contributed by atoms with Crippen molar-refractivity contribution in [3.8, 4) is 0 Å². The van der Waals surface area contributed by atoms with E-state index in [4.69, 9.17) is 0 Å². The van der Waals surface area contributed by atoms with Crippen molar-refractivity contribution in [2.45, 2.75) is 42.4 Å².